The fourth-order valence-corrected chi connectivity index (χ4v) is 3.04. The van der Waals surface area contributed by atoms with Gasteiger partial charge in [0.05, 0.1) is 18.8 Å². The van der Waals surface area contributed by atoms with Crippen molar-refractivity contribution >= 4 is 23.2 Å². The molecule has 1 aliphatic rings. The van der Waals surface area contributed by atoms with Crippen LogP contribution in [0.25, 0.3) is 0 Å². The summed E-state index contributed by atoms with van der Waals surface area (Å²) in [7, 11) is 0. The fraction of sp³-hybridized carbons (Fsp3) is 0.263. The van der Waals surface area contributed by atoms with Gasteiger partial charge in [-0.1, -0.05) is 60.1 Å². The number of amides is 1. The summed E-state index contributed by atoms with van der Waals surface area (Å²) in [6, 6.07) is 17.6. The molecule has 1 aliphatic heterocycles. The summed E-state index contributed by atoms with van der Waals surface area (Å²) in [6.45, 7) is 2.86. The van der Waals surface area contributed by atoms with E-state index in [4.69, 9.17) is 11.6 Å². The van der Waals surface area contributed by atoms with Crippen molar-refractivity contribution < 1.29 is 4.79 Å². The Morgan fingerprint density at radius 1 is 1.21 bits per heavy atom. The van der Waals surface area contributed by atoms with E-state index in [1.165, 1.54) is 0 Å². The van der Waals surface area contributed by atoms with Crippen LogP contribution in [0.3, 0.4) is 0 Å². The summed E-state index contributed by atoms with van der Waals surface area (Å²) in [5.74, 6) is -0.0279. The molecular formula is C19H20ClN3O. The monoisotopic (exact) mass is 341 g/mol. The van der Waals surface area contributed by atoms with E-state index in [0.29, 0.717) is 11.6 Å². The standard InChI is InChI=1S/C19H20ClN3O/c1-14(16-9-5-6-10-17(16)20)21-13-19(24)23-12-11-18(22-23)15-7-3-2-4-8-15/h2-10,14,21H,11-13H2,1H3/t14-/m1/s1. The van der Waals surface area contributed by atoms with E-state index in [-0.39, 0.29) is 18.5 Å². The summed E-state index contributed by atoms with van der Waals surface area (Å²) in [5, 5.41) is 9.94. The first-order chi connectivity index (χ1) is 11.6. The van der Waals surface area contributed by atoms with Crippen LogP contribution in [-0.2, 0) is 4.79 Å². The van der Waals surface area contributed by atoms with Gasteiger partial charge in [0.2, 0.25) is 0 Å². The lowest BCUT2D eigenvalue weighted by molar-refractivity contribution is -0.129. The molecule has 0 bridgehead atoms. The van der Waals surface area contributed by atoms with Crippen LogP contribution in [0.15, 0.2) is 59.7 Å². The number of hydrogen-bond donors (Lipinski definition) is 1. The molecule has 1 amide bonds. The van der Waals surface area contributed by atoms with Crippen LogP contribution >= 0.6 is 11.6 Å². The van der Waals surface area contributed by atoms with E-state index in [1.54, 1.807) is 5.01 Å². The average molecular weight is 342 g/mol. The van der Waals surface area contributed by atoms with Crippen molar-refractivity contribution in [3.63, 3.8) is 0 Å². The molecule has 24 heavy (non-hydrogen) atoms. The molecular weight excluding hydrogens is 322 g/mol. The first-order valence-electron chi connectivity index (χ1n) is 8.06. The van der Waals surface area contributed by atoms with Gasteiger partial charge in [-0.25, -0.2) is 5.01 Å². The number of carbonyl (C=O) groups is 1. The molecule has 0 aliphatic carbocycles. The average Bonchev–Trinajstić information content (AvgIpc) is 3.11. The van der Waals surface area contributed by atoms with Gasteiger partial charge in [-0.15, -0.1) is 0 Å². The van der Waals surface area contributed by atoms with Gasteiger partial charge in [0.25, 0.3) is 5.91 Å². The summed E-state index contributed by atoms with van der Waals surface area (Å²) >= 11 is 6.19. The number of halogens is 1. The second-order valence-corrected chi connectivity index (χ2v) is 6.21. The zero-order chi connectivity index (χ0) is 16.9. The number of benzene rings is 2. The molecule has 0 unspecified atom stereocenters. The quantitative estimate of drug-likeness (QED) is 0.902. The Balaban J connectivity index is 1.58. The van der Waals surface area contributed by atoms with Gasteiger partial charge in [0.1, 0.15) is 0 Å². The van der Waals surface area contributed by atoms with Crippen LogP contribution in [-0.4, -0.2) is 29.7 Å². The lowest BCUT2D eigenvalue weighted by Gasteiger charge is -2.17. The molecule has 4 nitrogen and oxygen atoms in total. The molecule has 0 aromatic heterocycles. The minimum atomic E-state index is -0.0279. The molecule has 1 atom stereocenters. The molecule has 0 radical (unpaired) electrons. The topological polar surface area (TPSA) is 44.7 Å². The molecule has 0 spiro atoms. The van der Waals surface area contributed by atoms with Crippen LogP contribution in [0.4, 0.5) is 0 Å². The molecule has 1 heterocycles. The molecule has 3 rings (SSSR count). The van der Waals surface area contributed by atoms with Crippen molar-refractivity contribution in [2.75, 3.05) is 13.1 Å². The Kier molecular flexibility index (Phi) is 5.28. The van der Waals surface area contributed by atoms with E-state index in [0.717, 1.165) is 23.3 Å². The maximum Gasteiger partial charge on any atom is 0.256 e. The Labute approximate surface area is 147 Å². The summed E-state index contributed by atoms with van der Waals surface area (Å²) in [4.78, 5) is 12.4. The molecule has 0 saturated carbocycles. The lowest BCUT2D eigenvalue weighted by atomic mass is 10.1. The van der Waals surface area contributed by atoms with Gasteiger partial charge < -0.3 is 5.32 Å². The van der Waals surface area contributed by atoms with E-state index < -0.39 is 0 Å². The van der Waals surface area contributed by atoms with E-state index in [1.807, 2.05) is 61.5 Å². The van der Waals surface area contributed by atoms with E-state index >= 15 is 0 Å². The Morgan fingerprint density at radius 2 is 1.92 bits per heavy atom. The largest absolute Gasteiger partial charge is 0.302 e. The van der Waals surface area contributed by atoms with Crippen molar-refractivity contribution in [3.05, 3.63) is 70.7 Å². The predicted molar refractivity (Wildman–Crippen MR) is 97.2 cm³/mol. The Morgan fingerprint density at radius 3 is 2.67 bits per heavy atom. The van der Waals surface area contributed by atoms with Crippen molar-refractivity contribution in [2.45, 2.75) is 19.4 Å². The predicted octanol–water partition coefficient (Wildman–Crippen LogP) is 3.63. The molecule has 2 aromatic carbocycles. The van der Waals surface area contributed by atoms with Crippen LogP contribution in [0.2, 0.25) is 5.02 Å². The number of hydrazone groups is 1. The third-order valence-corrected chi connectivity index (χ3v) is 4.47. The van der Waals surface area contributed by atoms with Gasteiger partial charge in [-0.2, -0.15) is 5.10 Å². The Bertz CT molecular complexity index is 745. The molecule has 124 valence electrons. The second kappa shape index (κ2) is 7.60. The van der Waals surface area contributed by atoms with E-state index in [2.05, 4.69) is 10.4 Å². The van der Waals surface area contributed by atoms with Gasteiger partial charge in [-0.3, -0.25) is 4.79 Å². The zero-order valence-corrected chi connectivity index (χ0v) is 14.3. The van der Waals surface area contributed by atoms with Crippen molar-refractivity contribution in [3.8, 4) is 0 Å². The van der Waals surface area contributed by atoms with Crippen LogP contribution < -0.4 is 5.32 Å². The fourth-order valence-electron chi connectivity index (χ4n) is 2.74. The Hall–Kier alpha value is -2.17. The minimum Gasteiger partial charge on any atom is -0.302 e. The highest BCUT2D eigenvalue weighted by Crippen LogP contribution is 2.22. The van der Waals surface area contributed by atoms with Gasteiger partial charge >= 0.3 is 0 Å². The van der Waals surface area contributed by atoms with Gasteiger partial charge in [-0.05, 0) is 24.1 Å². The first-order valence-corrected chi connectivity index (χ1v) is 8.44. The highest BCUT2D eigenvalue weighted by atomic mass is 35.5. The van der Waals surface area contributed by atoms with Gasteiger partial charge in [0, 0.05) is 17.5 Å². The van der Waals surface area contributed by atoms with Crippen LogP contribution in [0.5, 0.6) is 0 Å². The third-order valence-electron chi connectivity index (χ3n) is 4.13. The lowest BCUT2D eigenvalue weighted by Crippen LogP contribution is -2.35. The summed E-state index contributed by atoms with van der Waals surface area (Å²) < 4.78 is 0. The number of rotatable bonds is 5. The number of nitrogens with zero attached hydrogens (tertiary/aromatic N) is 2. The minimum absolute atomic E-state index is 0.00262. The molecule has 1 N–H and O–H groups in total. The highest BCUT2D eigenvalue weighted by molar-refractivity contribution is 6.31. The third kappa shape index (κ3) is 3.83. The maximum absolute atomic E-state index is 12.4. The molecule has 0 saturated heterocycles. The van der Waals surface area contributed by atoms with Crippen molar-refractivity contribution in [2.24, 2.45) is 5.10 Å². The SMILES string of the molecule is C[C@@H](NCC(=O)N1CCC(c2ccccc2)=N1)c1ccccc1Cl. The second-order valence-electron chi connectivity index (χ2n) is 5.80. The summed E-state index contributed by atoms with van der Waals surface area (Å²) in [5.41, 5.74) is 3.02. The number of carbonyl (C=O) groups excluding carboxylic acids is 1. The molecule has 0 fully saturated rings. The maximum atomic E-state index is 12.4. The number of hydrogen-bond acceptors (Lipinski definition) is 3. The normalized spacial score (nSPS) is 15.2. The van der Waals surface area contributed by atoms with E-state index in [9.17, 15) is 4.79 Å². The van der Waals surface area contributed by atoms with Gasteiger partial charge in [0.15, 0.2) is 0 Å². The highest BCUT2D eigenvalue weighted by Gasteiger charge is 2.21. The van der Waals surface area contributed by atoms with Crippen molar-refractivity contribution in [1.29, 1.82) is 0 Å². The molecule has 5 heteroatoms. The first kappa shape index (κ1) is 16.7. The van der Waals surface area contributed by atoms with Crippen LogP contribution in [0.1, 0.15) is 30.5 Å². The zero-order valence-electron chi connectivity index (χ0n) is 13.6. The summed E-state index contributed by atoms with van der Waals surface area (Å²) in [6.07, 6.45) is 0.788. The van der Waals surface area contributed by atoms with Crippen molar-refractivity contribution in [1.82, 2.24) is 10.3 Å². The van der Waals surface area contributed by atoms with Crippen LogP contribution in [0, 0.1) is 0 Å². The smallest absolute Gasteiger partial charge is 0.256 e. The number of nitrogens with one attached hydrogen (secondary N) is 1. The molecule has 2 aromatic rings.